The van der Waals surface area contributed by atoms with Crippen molar-refractivity contribution >= 4 is 11.9 Å². The Hall–Kier alpha value is -2.74. The van der Waals surface area contributed by atoms with Gasteiger partial charge in [-0.2, -0.15) is 5.10 Å². The molecule has 0 radical (unpaired) electrons. The quantitative estimate of drug-likeness (QED) is 0.782. The molecule has 138 valence electrons. The molecule has 26 heavy (non-hydrogen) atoms. The number of piperazine rings is 1. The third-order valence-corrected chi connectivity index (χ3v) is 4.46. The number of carbonyl (C=O) groups is 2. The van der Waals surface area contributed by atoms with E-state index >= 15 is 0 Å². The number of nitrogens with zero attached hydrogens (tertiary/aromatic N) is 4. The van der Waals surface area contributed by atoms with Crippen LogP contribution in [0.1, 0.15) is 22.8 Å². The van der Waals surface area contributed by atoms with Crippen LogP contribution in [0.25, 0.3) is 0 Å². The summed E-state index contributed by atoms with van der Waals surface area (Å²) in [4.78, 5) is 29.9. The molecule has 0 spiro atoms. The highest BCUT2D eigenvalue weighted by Gasteiger charge is 2.31. The Bertz CT molecular complexity index is 800. The molecule has 2 heterocycles. The normalized spacial score (nSPS) is 17.9. The Morgan fingerprint density at radius 3 is 2.73 bits per heavy atom. The molecule has 1 aromatic carbocycles. The number of aliphatic carboxylic acids is 1. The average molecular weight is 357 g/mol. The SMILES string of the molecule is Cc1ccc(CN2CCNC(=O)C2Cc2nc(C)nn2CC(=O)O)cc1. The number of amides is 1. The Morgan fingerprint density at radius 2 is 2.04 bits per heavy atom. The summed E-state index contributed by atoms with van der Waals surface area (Å²) in [5.41, 5.74) is 2.33. The van der Waals surface area contributed by atoms with Gasteiger partial charge in [-0.05, 0) is 19.4 Å². The van der Waals surface area contributed by atoms with Crippen molar-refractivity contribution in [1.82, 2.24) is 25.0 Å². The summed E-state index contributed by atoms with van der Waals surface area (Å²) in [6.45, 7) is 5.48. The fraction of sp³-hybridized carbons (Fsp3) is 0.444. The molecular weight excluding hydrogens is 334 g/mol. The summed E-state index contributed by atoms with van der Waals surface area (Å²) in [7, 11) is 0. The van der Waals surface area contributed by atoms with Crippen LogP contribution in [0, 0.1) is 13.8 Å². The van der Waals surface area contributed by atoms with Crippen LogP contribution in [-0.2, 0) is 29.1 Å². The highest BCUT2D eigenvalue weighted by molar-refractivity contribution is 5.82. The smallest absolute Gasteiger partial charge is 0.325 e. The lowest BCUT2D eigenvalue weighted by Crippen LogP contribution is -2.55. The zero-order valence-electron chi connectivity index (χ0n) is 15.0. The number of carboxylic acids is 1. The lowest BCUT2D eigenvalue weighted by Gasteiger charge is -2.34. The van der Waals surface area contributed by atoms with Gasteiger partial charge in [0.1, 0.15) is 18.2 Å². The largest absolute Gasteiger partial charge is 0.480 e. The zero-order valence-corrected chi connectivity index (χ0v) is 15.0. The van der Waals surface area contributed by atoms with Crippen LogP contribution in [0.3, 0.4) is 0 Å². The van der Waals surface area contributed by atoms with Crippen molar-refractivity contribution in [3.05, 3.63) is 47.0 Å². The van der Waals surface area contributed by atoms with Gasteiger partial charge in [-0.3, -0.25) is 14.5 Å². The first-order chi connectivity index (χ1) is 12.4. The highest BCUT2D eigenvalue weighted by Crippen LogP contribution is 2.16. The van der Waals surface area contributed by atoms with Crippen LogP contribution < -0.4 is 5.32 Å². The first-order valence-electron chi connectivity index (χ1n) is 8.62. The number of benzene rings is 1. The molecule has 0 bridgehead atoms. The maximum absolute atomic E-state index is 12.5. The molecule has 1 aliphatic heterocycles. The Kier molecular flexibility index (Phi) is 5.32. The van der Waals surface area contributed by atoms with Crippen molar-refractivity contribution in [2.24, 2.45) is 0 Å². The molecule has 1 aliphatic rings. The summed E-state index contributed by atoms with van der Waals surface area (Å²) < 4.78 is 1.36. The van der Waals surface area contributed by atoms with Crippen molar-refractivity contribution in [3.63, 3.8) is 0 Å². The second-order valence-electron chi connectivity index (χ2n) is 6.59. The number of hydrogen-bond acceptors (Lipinski definition) is 5. The minimum atomic E-state index is -0.985. The van der Waals surface area contributed by atoms with Crippen LogP contribution in [0.2, 0.25) is 0 Å². The number of hydrogen-bond donors (Lipinski definition) is 2. The summed E-state index contributed by atoms with van der Waals surface area (Å²) >= 11 is 0. The summed E-state index contributed by atoms with van der Waals surface area (Å²) in [5, 5.41) is 16.1. The van der Waals surface area contributed by atoms with E-state index in [0.29, 0.717) is 31.2 Å². The lowest BCUT2D eigenvalue weighted by molar-refractivity contribution is -0.137. The number of carboxylic acid groups (broad SMARTS) is 1. The third kappa shape index (κ3) is 4.26. The van der Waals surface area contributed by atoms with Crippen LogP contribution in [0.15, 0.2) is 24.3 Å². The van der Waals surface area contributed by atoms with E-state index in [9.17, 15) is 9.59 Å². The first kappa shape index (κ1) is 18.1. The molecule has 1 unspecified atom stereocenters. The van der Waals surface area contributed by atoms with Gasteiger partial charge in [0.15, 0.2) is 0 Å². The van der Waals surface area contributed by atoms with Gasteiger partial charge < -0.3 is 10.4 Å². The standard InChI is InChI=1S/C18H23N5O3/c1-12-3-5-14(6-4-12)10-22-8-7-19-18(26)15(22)9-16-20-13(2)21-23(16)11-17(24)25/h3-6,15H,7-11H2,1-2H3,(H,19,26)(H,24,25). The van der Waals surface area contributed by atoms with Gasteiger partial charge in [-0.15, -0.1) is 0 Å². The fourth-order valence-electron chi connectivity index (χ4n) is 3.18. The van der Waals surface area contributed by atoms with Crippen LogP contribution >= 0.6 is 0 Å². The van der Waals surface area contributed by atoms with E-state index in [1.165, 1.54) is 10.2 Å². The second kappa shape index (κ2) is 7.65. The number of nitrogens with one attached hydrogen (secondary N) is 1. The van der Waals surface area contributed by atoms with E-state index in [4.69, 9.17) is 5.11 Å². The monoisotopic (exact) mass is 357 g/mol. The topological polar surface area (TPSA) is 100 Å². The molecular formula is C18H23N5O3. The van der Waals surface area contributed by atoms with E-state index < -0.39 is 12.0 Å². The van der Waals surface area contributed by atoms with Gasteiger partial charge in [0, 0.05) is 26.1 Å². The molecule has 0 saturated carbocycles. The van der Waals surface area contributed by atoms with Crippen LogP contribution in [0.4, 0.5) is 0 Å². The molecule has 1 saturated heterocycles. The van der Waals surface area contributed by atoms with E-state index in [-0.39, 0.29) is 12.5 Å². The summed E-state index contributed by atoms with van der Waals surface area (Å²) in [6, 6.07) is 7.84. The van der Waals surface area contributed by atoms with E-state index in [1.54, 1.807) is 6.92 Å². The van der Waals surface area contributed by atoms with Crippen LogP contribution in [-0.4, -0.2) is 55.8 Å². The minimum Gasteiger partial charge on any atom is -0.480 e. The van der Waals surface area contributed by atoms with Crippen molar-refractivity contribution in [2.75, 3.05) is 13.1 Å². The number of aromatic nitrogens is 3. The van der Waals surface area contributed by atoms with Gasteiger partial charge in [0.05, 0.1) is 6.04 Å². The van der Waals surface area contributed by atoms with E-state index in [0.717, 1.165) is 12.1 Å². The van der Waals surface area contributed by atoms with E-state index in [2.05, 4.69) is 44.6 Å². The average Bonchev–Trinajstić information content (AvgIpc) is 2.91. The predicted octanol–water partition coefficient (Wildman–Crippen LogP) is 0.523. The summed E-state index contributed by atoms with van der Waals surface area (Å²) in [5.74, 6) is -0.0324. The maximum atomic E-state index is 12.5. The van der Waals surface area contributed by atoms with Crippen molar-refractivity contribution in [2.45, 2.75) is 39.4 Å². The molecule has 8 nitrogen and oxygen atoms in total. The molecule has 8 heteroatoms. The minimum absolute atomic E-state index is 0.0640. The molecule has 2 N–H and O–H groups in total. The predicted molar refractivity (Wildman–Crippen MR) is 94.5 cm³/mol. The lowest BCUT2D eigenvalue weighted by atomic mass is 10.1. The number of rotatable bonds is 6. The molecule has 1 fully saturated rings. The molecule has 0 aliphatic carbocycles. The van der Waals surface area contributed by atoms with Gasteiger partial charge >= 0.3 is 5.97 Å². The summed E-state index contributed by atoms with van der Waals surface area (Å²) in [6.07, 6.45) is 0.325. The van der Waals surface area contributed by atoms with Gasteiger partial charge in [0.2, 0.25) is 5.91 Å². The van der Waals surface area contributed by atoms with Gasteiger partial charge in [-0.1, -0.05) is 29.8 Å². The molecule has 1 atom stereocenters. The van der Waals surface area contributed by atoms with Gasteiger partial charge in [-0.25, -0.2) is 9.67 Å². The maximum Gasteiger partial charge on any atom is 0.325 e. The number of aryl methyl sites for hydroxylation is 2. The molecule has 3 rings (SSSR count). The Morgan fingerprint density at radius 1 is 1.31 bits per heavy atom. The fourth-order valence-corrected chi connectivity index (χ4v) is 3.18. The van der Waals surface area contributed by atoms with E-state index in [1.807, 2.05) is 6.92 Å². The van der Waals surface area contributed by atoms with Crippen molar-refractivity contribution in [1.29, 1.82) is 0 Å². The third-order valence-electron chi connectivity index (χ3n) is 4.46. The second-order valence-corrected chi connectivity index (χ2v) is 6.59. The molecule has 1 aromatic heterocycles. The molecule has 2 aromatic rings. The van der Waals surface area contributed by atoms with Gasteiger partial charge in [0.25, 0.3) is 0 Å². The van der Waals surface area contributed by atoms with Crippen LogP contribution in [0.5, 0.6) is 0 Å². The first-order valence-corrected chi connectivity index (χ1v) is 8.62. The Labute approximate surface area is 151 Å². The zero-order chi connectivity index (χ0) is 18.7. The van der Waals surface area contributed by atoms with Crippen molar-refractivity contribution in [3.8, 4) is 0 Å². The highest BCUT2D eigenvalue weighted by atomic mass is 16.4. The van der Waals surface area contributed by atoms with Crippen molar-refractivity contribution < 1.29 is 14.7 Å². The molecule has 1 amide bonds. The Balaban J connectivity index is 1.79. The number of carbonyl (C=O) groups excluding carboxylic acids is 1.